The summed E-state index contributed by atoms with van der Waals surface area (Å²) >= 11 is 1.48. The number of benzene rings is 1. The second-order valence-electron chi connectivity index (χ2n) is 3.58. The van der Waals surface area contributed by atoms with Gasteiger partial charge in [-0.05, 0) is 25.1 Å². The molecule has 1 heterocycles. The Kier molecular flexibility index (Phi) is 2.75. The van der Waals surface area contributed by atoms with E-state index in [1.54, 1.807) is 19.1 Å². The topological polar surface area (TPSA) is 70.1 Å². The van der Waals surface area contributed by atoms with Crippen LogP contribution in [0.2, 0.25) is 0 Å². The van der Waals surface area contributed by atoms with E-state index in [1.165, 1.54) is 16.7 Å². The van der Waals surface area contributed by atoms with Crippen molar-refractivity contribution in [1.82, 2.24) is 0 Å². The minimum atomic E-state index is -0.464. The largest absolute Gasteiger partial charge is 0.399 e. The first-order valence-electron chi connectivity index (χ1n) is 4.87. The normalized spacial score (nSPS) is 16.5. The van der Waals surface area contributed by atoms with Crippen LogP contribution >= 0.6 is 11.8 Å². The molecular weight excluding hydrogens is 222 g/mol. The second-order valence-corrected chi connectivity index (χ2v) is 4.60. The van der Waals surface area contributed by atoms with Crippen molar-refractivity contribution >= 4 is 29.0 Å². The summed E-state index contributed by atoms with van der Waals surface area (Å²) < 4.78 is 0. The SMILES string of the molecule is CC(C#N)N1C(=O)CSc2ccc(N)cc21. The van der Waals surface area contributed by atoms with Crippen molar-refractivity contribution in [3.05, 3.63) is 18.2 Å². The van der Waals surface area contributed by atoms with Crippen molar-refractivity contribution in [3.63, 3.8) is 0 Å². The zero-order chi connectivity index (χ0) is 11.7. The van der Waals surface area contributed by atoms with Gasteiger partial charge < -0.3 is 5.73 Å². The molecule has 1 aromatic rings. The summed E-state index contributed by atoms with van der Waals surface area (Å²) in [6.07, 6.45) is 0. The molecule has 2 rings (SSSR count). The lowest BCUT2D eigenvalue weighted by Gasteiger charge is -2.30. The highest BCUT2D eigenvalue weighted by atomic mass is 32.2. The summed E-state index contributed by atoms with van der Waals surface area (Å²) in [6, 6.07) is 7.05. The van der Waals surface area contributed by atoms with E-state index in [2.05, 4.69) is 6.07 Å². The average molecular weight is 233 g/mol. The van der Waals surface area contributed by atoms with Crippen LogP contribution in [0.4, 0.5) is 11.4 Å². The Bertz CT molecular complexity index is 481. The number of anilines is 2. The molecule has 1 aliphatic heterocycles. The number of thioether (sulfide) groups is 1. The minimum Gasteiger partial charge on any atom is -0.399 e. The summed E-state index contributed by atoms with van der Waals surface area (Å²) in [5.74, 6) is 0.334. The molecule has 16 heavy (non-hydrogen) atoms. The Hall–Kier alpha value is -1.67. The van der Waals surface area contributed by atoms with Gasteiger partial charge in [0.2, 0.25) is 5.91 Å². The lowest BCUT2D eigenvalue weighted by Crippen LogP contribution is -2.41. The van der Waals surface area contributed by atoms with E-state index < -0.39 is 6.04 Å². The van der Waals surface area contributed by atoms with Crippen LogP contribution in [0.5, 0.6) is 0 Å². The summed E-state index contributed by atoms with van der Waals surface area (Å²) in [7, 11) is 0. The Morgan fingerprint density at radius 2 is 2.38 bits per heavy atom. The predicted molar refractivity (Wildman–Crippen MR) is 64.1 cm³/mol. The van der Waals surface area contributed by atoms with Gasteiger partial charge in [-0.2, -0.15) is 5.26 Å². The number of nitrogens with zero attached hydrogens (tertiary/aromatic N) is 2. The Morgan fingerprint density at radius 1 is 1.62 bits per heavy atom. The van der Waals surface area contributed by atoms with Gasteiger partial charge >= 0.3 is 0 Å². The molecule has 0 aliphatic carbocycles. The predicted octanol–water partition coefficient (Wildman–Crippen LogP) is 1.62. The number of fused-ring (bicyclic) bond motifs is 1. The number of carbonyl (C=O) groups excluding carboxylic acids is 1. The molecule has 1 amide bonds. The van der Waals surface area contributed by atoms with Crippen LogP contribution in [-0.4, -0.2) is 17.7 Å². The van der Waals surface area contributed by atoms with Crippen LogP contribution in [0.15, 0.2) is 23.1 Å². The fourth-order valence-electron chi connectivity index (χ4n) is 1.67. The molecule has 1 atom stereocenters. The Morgan fingerprint density at radius 3 is 3.06 bits per heavy atom. The first-order valence-corrected chi connectivity index (χ1v) is 5.86. The summed E-state index contributed by atoms with van der Waals surface area (Å²) in [6.45, 7) is 1.71. The molecule has 0 saturated carbocycles. The molecular formula is C11H11N3OS. The third-order valence-corrected chi connectivity index (χ3v) is 3.48. The minimum absolute atomic E-state index is 0.0443. The van der Waals surface area contributed by atoms with E-state index in [4.69, 9.17) is 11.0 Å². The Balaban J connectivity index is 2.51. The molecule has 0 bridgehead atoms. The molecule has 0 saturated heterocycles. The van der Waals surface area contributed by atoms with Gasteiger partial charge in [0.1, 0.15) is 6.04 Å². The van der Waals surface area contributed by atoms with E-state index in [-0.39, 0.29) is 5.91 Å². The number of hydrogen-bond acceptors (Lipinski definition) is 4. The van der Waals surface area contributed by atoms with Crippen LogP contribution in [0.1, 0.15) is 6.92 Å². The van der Waals surface area contributed by atoms with Gasteiger partial charge in [-0.15, -0.1) is 11.8 Å². The first kappa shape index (κ1) is 10.8. The van der Waals surface area contributed by atoms with Crippen molar-refractivity contribution in [2.24, 2.45) is 0 Å². The number of nitriles is 1. The third-order valence-electron chi connectivity index (χ3n) is 2.44. The molecule has 2 N–H and O–H groups in total. The number of rotatable bonds is 1. The molecule has 0 radical (unpaired) electrons. The molecule has 4 nitrogen and oxygen atoms in total. The van der Waals surface area contributed by atoms with E-state index >= 15 is 0 Å². The Labute approximate surface area is 98.0 Å². The van der Waals surface area contributed by atoms with E-state index in [0.29, 0.717) is 11.4 Å². The van der Waals surface area contributed by atoms with Gasteiger partial charge in [0.15, 0.2) is 0 Å². The maximum atomic E-state index is 11.8. The van der Waals surface area contributed by atoms with Crippen LogP contribution in [0.3, 0.4) is 0 Å². The van der Waals surface area contributed by atoms with Crippen molar-refractivity contribution in [3.8, 4) is 6.07 Å². The van der Waals surface area contributed by atoms with Gasteiger partial charge in [-0.3, -0.25) is 9.69 Å². The molecule has 1 aliphatic rings. The lowest BCUT2D eigenvalue weighted by atomic mass is 10.2. The number of nitrogens with two attached hydrogens (primary N) is 1. The maximum Gasteiger partial charge on any atom is 0.238 e. The van der Waals surface area contributed by atoms with Crippen molar-refractivity contribution < 1.29 is 4.79 Å². The highest BCUT2D eigenvalue weighted by Crippen LogP contribution is 2.37. The van der Waals surface area contributed by atoms with E-state index in [9.17, 15) is 4.79 Å². The standard InChI is InChI=1S/C11H11N3OS/c1-7(5-12)14-9-4-8(13)2-3-10(9)16-6-11(14)15/h2-4,7H,6,13H2,1H3. The molecule has 82 valence electrons. The lowest BCUT2D eigenvalue weighted by molar-refractivity contribution is -0.116. The molecule has 5 heteroatoms. The van der Waals surface area contributed by atoms with Gasteiger partial charge in [0.05, 0.1) is 17.5 Å². The van der Waals surface area contributed by atoms with Gasteiger partial charge in [-0.1, -0.05) is 0 Å². The van der Waals surface area contributed by atoms with Crippen molar-refractivity contribution in [2.45, 2.75) is 17.9 Å². The molecule has 0 fully saturated rings. The van der Waals surface area contributed by atoms with Gasteiger partial charge in [0, 0.05) is 10.6 Å². The highest BCUT2D eigenvalue weighted by molar-refractivity contribution is 8.00. The second kappa shape index (κ2) is 4.06. The fourth-order valence-corrected chi connectivity index (χ4v) is 2.56. The van der Waals surface area contributed by atoms with Crippen LogP contribution in [0, 0.1) is 11.3 Å². The summed E-state index contributed by atoms with van der Waals surface area (Å²) in [5.41, 5.74) is 7.05. The third kappa shape index (κ3) is 1.72. The summed E-state index contributed by atoms with van der Waals surface area (Å²) in [5, 5.41) is 8.92. The van der Waals surface area contributed by atoms with Crippen LogP contribution in [-0.2, 0) is 4.79 Å². The maximum absolute atomic E-state index is 11.8. The summed E-state index contributed by atoms with van der Waals surface area (Å²) in [4.78, 5) is 14.3. The smallest absolute Gasteiger partial charge is 0.238 e. The molecule has 1 aromatic carbocycles. The van der Waals surface area contributed by atoms with Crippen molar-refractivity contribution in [2.75, 3.05) is 16.4 Å². The van der Waals surface area contributed by atoms with Crippen LogP contribution in [0.25, 0.3) is 0 Å². The molecule has 1 unspecified atom stereocenters. The first-order chi connectivity index (χ1) is 7.63. The number of amides is 1. The molecule has 0 aromatic heterocycles. The van der Waals surface area contributed by atoms with Crippen molar-refractivity contribution in [1.29, 1.82) is 5.26 Å². The van der Waals surface area contributed by atoms with Gasteiger partial charge in [-0.25, -0.2) is 0 Å². The monoisotopic (exact) mass is 233 g/mol. The average Bonchev–Trinajstić information content (AvgIpc) is 2.28. The molecule has 0 spiro atoms. The number of hydrogen-bond donors (Lipinski definition) is 1. The van der Waals surface area contributed by atoms with Gasteiger partial charge in [0.25, 0.3) is 0 Å². The quantitative estimate of drug-likeness (QED) is 0.748. The number of nitrogen functional groups attached to an aromatic ring is 1. The zero-order valence-electron chi connectivity index (χ0n) is 8.80. The highest BCUT2D eigenvalue weighted by Gasteiger charge is 2.28. The fraction of sp³-hybridized carbons (Fsp3) is 0.273. The van der Waals surface area contributed by atoms with E-state index in [1.807, 2.05) is 6.07 Å². The zero-order valence-corrected chi connectivity index (χ0v) is 9.62. The van der Waals surface area contributed by atoms with Crippen LogP contribution < -0.4 is 10.6 Å². The number of carbonyl (C=O) groups is 1. The van der Waals surface area contributed by atoms with E-state index in [0.717, 1.165) is 10.6 Å².